The third-order valence-corrected chi connectivity index (χ3v) is 3.74. The van der Waals surface area contributed by atoms with Gasteiger partial charge in [0.15, 0.2) is 5.92 Å². The summed E-state index contributed by atoms with van der Waals surface area (Å²) >= 11 is 0. The molecule has 0 heterocycles. The summed E-state index contributed by atoms with van der Waals surface area (Å²) in [6.45, 7) is 6.51. The van der Waals surface area contributed by atoms with E-state index in [0.717, 1.165) is 18.4 Å². The third-order valence-electron chi connectivity index (χ3n) is 3.74. The number of benzene rings is 1. The molecule has 0 aliphatic carbocycles. The Morgan fingerprint density at radius 2 is 1.43 bits per heavy atom. The number of ether oxygens (including phenoxy) is 2. The van der Waals surface area contributed by atoms with Gasteiger partial charge < -0.3 is 9.47 Å². The molecule has 128 valence electrons. The van der Waals surface area contributed by atoms with E-state index in [4.69, 9.17) is 9.47 Å². The van der Waals surface area contributed by atoms with E-state index >= 15 is 0 Å². The fourth-order valence-electron chi connectivity index (χ4n) is 2.48. The molecule has 0 aliphatic heterocycles. The largest absolute Gasteiger partial charge is 0.465 e. The van der Waals surface area contributed by atoms with Crippen molar-refractivity contribution in [2.24, 2.45) is 11.8 Å². The quantitative estimate of drug-likeness (QED) is 0.486. The highest BCUT2D eigenvalue weighted by Crippen LogP contribution is 2.24. The van der Waals surface area contributed by atoms with Gasteiger partial charge in [0.1, 0.15) is 0 Å². The summed E-state index contributed by atoms with van der Waals surface area (Å²) in [5.74, 6) is -1.89. The van der Waals surface area contributed by atoms with Gasteiger partial charge in [-0.1, -0.05) is 57.5 Å². The minimum atomic E-state index is -0.849. The topological polar surface area (TPSA) is 52.6 Å². The van der Waals surface area contributed by atoms with Gasteiger partial charge in [0, 0.05) is 0 Å². The molecule has 0 fully saturated rings. The van der Waals surface area contributed by atoms with Gasteiger partial charge in [-0.05, 0) is 30.7 Å². The second-order valence-electron chi connectivity index (χ2n) is 5.67. The summed E-state index contributed by atoms with van der Waals surface area (Å²) < 4.78 is 10.5. The van der Waals surface area contributed by atoms with Crippen molar-refractivity contribution in [2.75, 3.05) is 13.2 Å². The van der Waals surface area contributed by atoms with Gasteiger partial charge in [-0.2, -0.15) is 0 Å². The Kier molecular flexibility index (Phi) is 9.03. The number of carbonyl (C=O) groups excluding carboxylic acids is 2. The molecule has 23 heavy (non-hydrogen) atoms. The van der Waals surface area contributed by atoms with Crippen LogP contribution in [0.1, 0.15) is 45.6 Å². The highest BCUT2D eigenvalue weighted by atomic mass is 16.6. The molecular formula is C19H28O4. The molecule has 0 aromatic heterocycles. The van der Waals surface area contributed by atoms with Crippen molar-refractivity contribution in [1.29, 1.82) is 0 Å². The molecule has 4 nitrogen and oxygen atoms in total. The summed E-state index contributed by atoms with van der Waals surface area (Å²) in [4.78, 5) is 24.7. The van der Waals surface area contributed by atoms with Gasteiger partial charge in [-0.25, -0.2) is 0 Å². The predicted octanol–water partition coefficient (Wildman–Crippen LogP) is 3.78. The first-order valence-corrected chi connectivity index (χ1v) is 8.51. The molecule has 0 saturated carbocycles. The summed E-state index contributed by atoms with van der Waals surface area (Å²) in [6, 6.07) is 9.89. The van der Waals surface area contributed by atoms with Crippen molar-refractivity contribution < 1.29 is 19.1 Å². The summed E-state index contributed by atoms with van der Waals surface area (Å²) in [5.41, 5.74) is 1.11. The maximum absolute atomic E-state index is 12.4. The van der Waals surface area contributed by atoms with Crippen molar-refractivity contribution in [3.05, 3.63) is 35.9 Å². The van der Waals surface area contributed by atoms with Crippen LogP contribution in [0.3, 0.4) is 0 Å². The minimum absolute atomic E-state index is 0.119. The van der Waals surface area contributed by atoms with Gasteiger partial charge >= 0.3 is 11.9 Å². The van der Waals surface area contributed by atoms with E-state index in [1.54, 1.807) is 0 Å². The molecule has 1 aromatic carbocycles. The zero-order valence-corrected chi connectivity index (χ0v) is 14.4. The zero-order chi connectivity index (χ0) is 17.1. The standard InChI is InChI=1S/C19H28O4/c1-4-12-22-18(20)17(19(21)23-13-5-2)16(6-3)14-15-10-8-7-9-11-15/h7-11,16-17H,4-6,12-14H2,1-3H3. The smallest absolute Gasteiger partial charge is 0.320 e. The van der Waals surface area contributed by atoms with Gasteiger partial charge in [0.25, 0.3) is 0 Å². The molecular weight excluding hydrogens is 292 g/mol. The van der Waals surface area contributed by atoms with E-state index in [2.05, 4.69) is 0 Å². The molecule has 1 aromatic rings. The lowest BCUT2D eigenvalue weighted by atomic mass is 9.84. The van der Waals surface area contributed by atoms with E-state index in [0.29, 0.717) is 26.1 Å². The highest BCUT2D eigenvalue weighted by molar-refractivity contribution is 5.95. The molecule has 0 amide bonds. The van der Waals surface area contributed by atoms with Gasteiger partial charge in [-0.3, -0.25) is 9.59 Å². The summed E-state index contributed by atoms with van der Waals surface area (Å²) in [6.07, 6.45) is 2.84. The van der Waals surface area contributed by atoms with Crippen molar-refractivity contribution in [2.45, 2.75) is 46.5 Å². The lowest BCUT2D eigenvalue weighted by Gasteiger charge is -2.23. The van der Waals surface area contributed by atoms with E-state index in [-0.39, 0.29) is 5.92 Å². The molecule has 0 radical (unpaired) electrons. The normalized spacial score (nSPS) is 12.0. The monoisotopic (exact) mass is 320 g/mol. The van der Waals surface area contributed by atoms with Crippen LogP contribution in [-0.2, 0) is 25.5 Å². The Balaban J connectivity index is 2.89. The number of carbonyl (C=O) groups is 2. The fourth-order valence-corrected chi connectivity index (χ4v) is 2.48. The van der Waals surface area contributed by atoms with Crippen molar-refractivity contribution in [1.82, 2.24) is 0 Å². The van der Waals surface area contributed by atoms with Crippen LogP contribution in [0.4, 0.5) is 0 Å². The molecule has 0 saturated heterocycles. The number of hydrogen-bond acceptors (Lipinski definition) is 4. The Morgan fingerprint density at radius 1 is 0.913 bits per heavy atom. The Labute approximate surface area is 139 Å². The van der Waals surface area contributed by atoms with Crippen molar-refractivity contribution in [3.63, 3.8) is 0 Å². The molecule has 1 rings (SSSR count). The molecule has 1 atom stereocenters. The molecule has 0 spiro atoms. The number of hydrogen-bond donors (Lipinski definition) is 0. The Morgan fingerprint density at radius 3 is 1.87 bits per heavy atom. The van der Waals surface area contributed by atoms with Crippen LogP contribution >= 0.6 is 0 Å². The lowest BCUT2D eigenvalue weighted by molar-refractivity contribution is -0.165. The fraction of sp³-hybridized carbons (Fsp3) is 0.579. The van der Waals surface area contributed by atoms with Crippen LogP contribution in [0.15, 0.2) is 30.3 Å². The molecule has 1 unspecified atom stereocenters. The van der Waals surface area contributed by atoms with E-state index in [1.165, 1.54) is 0 Å². The maximum Gasteiger partial charge on any atom is 0.320 e. The first kappa shape index (κ1) is 19.2. The first-order chi connectivity index (χ1) is 11.1. The highest BCUT2D eigenvalue weighted by Gasteiger charge is 2.36. The SMILES string of the molecule is CCCOC(=O)C(C(=O)OCCC)C(CC)Cc1ccccc1. The second-order valence-corrected chi connectivity index (χ2v) is 5.67. The van der Waals surface area contributed by atoms with Crippen LogP contribution in [0.25, 0.3) is 0 Å². The zero-order valence-electron chi connectivity index (χ0n) is 14.4. The molecule has 4 heteroatoms. The third kappa shape index (κ3) is 6.43. The summed E-state index contributed by atoms with van der Waals surface area (Å²) in [5, 5.41) is 0. The van der Waals surface area contributed by atoms with Crippen LogP contribution in [-0.4, -0.2) is 25.2 Å². The van der Waals surface area contributed by atoms with Crippen LogP contribution in [0, 0.1) is 11.8 Å². The minimum Gasteiger partial charge on any atom is -0.465 e. The first-order valence-electron chi connectivity index (χ1n) is 8.51. The predicted molar refractivity (Wildman–Crippen MR) is 89.9 cm³/mol. The van der Waals surface area contributed by atoms with Crippen molar-refractivity contribution in [3.8, 4) is 0 Å². The van der Waals surface area contributed by atoms with Gasteiger partial charge in [0.05, 0.1) is 13.2 Å². The Hall–Kier alpha value is -1.84. The Bertz CT molecular complexity index is 450. The van der Waals surface area contributed by atoms with Crippen LogP contribution < -0.4 is 0 Å². The summed E-state index contributed by atoms with van der Waals surface area (Å²) in [7, 11) is 0. The average Bonchev–Trinajstić information content (AvgIpc) is 2.58. The van der Waals surface area contributed by atoms with E-state index < -0.39 is 17.9 Å². The van der Waals surface area contributed by atoms with Gasteiger partial charge in [-0.15, -0.1) is 0 Å². The van der Waals surface area contributed by atoms with E-state index in [9.17, 15) is 9.59 Å². The van der Waals surface area contributed by atoms with Crippen molar-refractivity contribution >= 4 is 11.9 Å². The lowest BCUT2D eigenvalue weighted by Crippen LogP contribution is -2.35. The number of esters is 2. The van der Waals surface area contributed by atoms with Gasteiger partial charge in [0.2, 0.25) is 0 Å². The van der Waals surface area contributed by atoms with Crippen LogP contribution in [0.5, 0.6) is 0 Å². The average molecular weight is 320 g/mol. The maximum atomic E-state index is 12.4. The van der Waals surface area contributed by atoms with E-state index in [1.807, 2.05) is 51.1 Å². The molecule has 0 aliphatic rings. The molecule has 0 N–H and O–H groups in total. The number of rotatable bonds is 10. The second kappa shape index (κ2) is 10.8. The van der Waals surface area contributed by atoms with Crippen LogP contribution in [0.2, 0.25) is 0 Å². The molecule has 0 bridgehead atoms.